The molecule has 0 radical (unpaired) electrons. The molecule has 120 valence electrons. The zero-order valence-electron chi connectivity index (χ0n) is 13.8. The molecule has 0 spiro atoms. The highest BCUT2D eigenvalue weighted by Crippen LogP contribution is 2.23. The fourth-order valence-electron chi connectivity index (χ4n) is 3.07. The van der Waals surface area contributed by atoms with E-state index in [9.17, 15) is 0 Å². The van der Waals surface area contributed by atoms with E-state index < -0.39 is 0 Å². The van der Waals surface area contributed by atoms with Gasteiger partial charge >= 0.3 is 0 Å². The van der Waals surface area contributed by atoms with Crippen LogP contribution in [-0.4, -0.2) is 19.5 Å². The second-order valence-electron chi connectivity index (χ2n) is 5.81. The first-order valence-corrected chi connectivity index (χ1v) is 8.19. The van der Waals surface area contributed by atoms with Gasteiger partial charge in [0, 0.05) is 6.54 Å². The monoisotopic (exact) mass is 317 g/mol. The number of aromatic nitrogens is 4. The van der Waals surface area contributed by atoms with E-state index in [2.05, 4.69) is 39.8 Å². The van der Waals surface area contributed by atoms with Gasteiger partial charge in [-0.15, -0.1) is 0 Å². The molecule has 0 saturated carbocycles. The minimum Gasteiger partial charge on any atom is -0.359 e. The van der Waals surface area contributed by atoms with Crippen molar-refractivity contribution in [1.82, 2.24) is 19.5 Å². The summed E-state index contributed by atoms with van der Waals surface area (Å²) >= 11 is 0. The van der Waals surface area contributed by atoms with Gasteiger partial charge in [-0.2, -0.15) is 0 Å². The Balaban J connectivity index is 1.69. The van der Waals surface area contributed by atoms with Crippen LogP contribution >= 0.6 is 0 Å². The molecule has 0 fully saturated rings. The summed E-state index contributed by atoms with van der Waals surface area (Å²) in [4.78, 5) is 13.9. The zero-order chi connectivity index (χ0) is 16.5. The van der Waals surface area contributed by atoms with Gasteiger partial charge in [-0.1, -0.05) is 24.3 Å². The van der Waals surface area contributed by atoms with Crippen molar-refractivity contribution in [2.45, 2.75) is 26.4 Å². The van der Waals surface area contributed by atoms with Gasteiger partial charge in [-0.25, -0.2) is 9.97 Å². The molecule has 0 aliphatic carbocycles. The van der Waals surface area contributed by atoms with Crippen molar-refractivity contribution in [2.75, 3.05) is 5.32 Å². The van der Waals surface area contributed by atoms with Crippen LogP contribution in [0.2, 0.25) is 0 Å². The van der Waals surface area contributed by atoms with Crippen LogP contribution in [0.25, 0.3) is 22.1 Å². The van der Waals surface area contributed by atoms with E-state index in [1.165, 1.54) is 0 Å². The number of anilines is 1. The highest BCUT2D eigenvalue weighted by Gasteiger charge is 2.16. The Morgan fingerprint density at radius 3 is 2.46 bits per heavy atom. The van der Waals surface area contributed by atoms with Crippen LogP contribution in [0.3, 0.4) is 0 Å². The summed E-state index contributed by atoms with van der Waals surface area (Å²) in [5.74, 6) is 1.77. The number of benzene rings is 2. The molecule has 1 atom stereocenters. The third-order valence-corrected chi connectivity index (χ3v) is 4.20. The molecule has 2 heterocycles. The molecule has 0 saturated heterocycles. The van der Waals surface area contributed by atoms with Gasteiger partial charge in [0.1, 0.15) is 11.6 Å². The Bertz CT molecular complexity index is 1000. The standard InChI is InChI=1S/C19H19N5/c1-3-24-17-11-7-6-10-16(17)23-19(24)13(2)21-18-12-20-14-8-4-5-9-15(14)22-18/h4-13H,3H2,1-2H3,(H,21,22). The molecule has 0 bridgehead atoms. The van der Waals surface area contributed by atoms with E-state index in [1.54, 1.807) is 6.20 Å². The lowest BCUT2D eigenvalue weighted by molar-refractivity contribution is 0.672. The predicted octanol–water partition coefficient (Wildman–Crippen LogP) is 4.17. The normalized spacial score (nSPS) is 12.6. The van der Waals surface area contributed by atoms with Gasteiger partial charge in [0.25, 0.3) is 0 Å². The summed E-state index contributed by atoms with van der Waals surface area (Å²) in [5, 5.41) is 3.43. The number of para-hydroxylation sites is 4. The molecule has 1 N–H and O–H groups in total. The molecular weight excluding hydrogens is 298 g/mol. The van der Waals surface area contributed by atoms with Gasteiger partial charge < -0.3 is 9.88 Å². The fourth-order valence-corrected chi connectivity index (χ4v) is 3.07. The van der Waals surface area contributed by atoms with Gasteiger partial charge in [0.2, 0.25) is 0 Å². The summed E-state index contributed by atoms with van der Waals surface area (Å²) in [5.41, 5.74) is 3.97. The molecule has 0 aliphatic rings. The number of nitrogens with zero attached hydrogens (tertiary/aromatic N) is 4. The number of imidazole rings is 1. The molecule has 0 amide bonds. The number of hydrogen-bond acceptors (Lipinski definition) is 4. The summed E-state index contributed by atoms with van der Waals surface area (Å²) in [6.07, 6.45) is 1.78. The van der Waals surface area contributed by atoms with Crippen LogP contribution in [0.4, 0.5) is 5.82 Å². The van der Waals surface area contributed by atoms with Crippen molar-refractivity contribution in [2.24, 2.45) is 0 Å². The smallest absolute Gasteiger partial charge is 0.145 e. The third-order valence-electron chi connectivity index (χ3n) is 4.20. The molecule has 2 aromatic heterocycles. The Morgan fingerprint density at radius 1 is 0.958 bits per heavy atom. The largest absolute Gasteiger partial charge is 0.359 e. The van der Waals surface area contributed by atoms with Gasteiger partial charge in [0.15, 0.2) is 0 Å². The fraction of sp³-hybridized carbons (Fsp3) is 0.211. The van der Waals surface area contributed by atoms with Crippen molar-refractivity contribution < 1.29 is 0 Å². The van der Waals surface area contributed by atoms with Crippen LogP contribution in [0.15, 0.2) is 54.7 Å². The molecule has 5 heteroatoms. The predicted molar refractivity (Wildman–Crippen MR) is 97.0 cm³/mol. The molecular formula is C19H19N5. The van der Waals surface area contributed by atoms with Crippen LogP contribution < -0.4 is 5.32 Å². The van der Waals surface area contributed by atoms with Crippen LogP contribution in [0.1, 0.15) is 25.7 Å². The third kappa shape index (κ3) is 2.48. The molecule has 4 aromatic rings. The van der Waals surface area contributed by atoms with Crippen molar-refractivity contribution in [3.8, 4) is 0 Å². The minimum absolute atomic E-state index is 0.0350. The summed E-state index contributed by atoms with van der Waals surface area (Å²) < 4.78 is 2.24. The Kier molecular flexibility index (Phi) is 3.61. The zero-order valence-corrected chi connectivity index (χ0v) is 13.8. The number of fused-ring (bicyclic) bond motifs is 2. The lowest BCUT2D eigenvalue weighted by Gasteiger charge is -2.16. The van der Waals surface area contributed by atoms with E-state index in [1.807, 2.05) is 42.5 Å². The van der Waals surface area contributed by atoms with Crippen molar-refractivity contribution >= 4 is 27.9 Å². The molecule has 5 nitrogen and oxygen atoms in total. The quantitative estimate of drug-likeness (QED) is 0.613. The number of nitrogens with one attached hydrogen (secondary N) is 1. The maximum absolute atomic E-state index is 4.79. The topological polar surface area (TPSA) is 55.6 Å². The summed E-state index contributed by atoms with van der Waals surface area (Å²) in [6, 6.07) is 16.1. The Hall–Kier alpha value is -2.95. The van der Waals surface area contributed by atoms with Crippen molar-refractivity contribution in [3.63, 3.8) is 0 Å². The first-order valence-electron chi connectivity index (χ1n) is 8.19. The summed E-state index contributed by atoms with van der Waals surface area (Å²) in [6.45, 7) is 5.12. The van der Waals surface area contributed by atoms with E-state index in [0.29, 0.717) is 0 Å². The highest BCUT2D eigenvalue weighted by molar-refractivity contribution is 5.76. The number of rotatable bonds is 4. The van der Waals surface area contributed by atoms with Crippen LogP contribution in [-0.2, 0) is 6.54 Å². The second-order valence-corrected chi connectivity index (χ2v) is 5.81. The van der Waals surface area contributed by atoms with Gasteiger partial charge in [-0.3, -0.25) is 4.98 Å². The van der Waals surface area contributed by atoms with Gasteiger partial charge in [0.05, 0.1) is 34.3 Å². The highest BCUT2D eigenvalue weighted by atomic mass is 15.1. The first kappa shape index (κ1) is 14.6. The maximum atomic E-state index is 4.79. The Morgan fingerprint density at radius 2 is 1.67 bits per heavy atom. The van der Waals surface area contributed by atoms with Crippen molar-refractivity contribution in [3.05, 3.63) is 60.6 Å². The Labute approximate surface area is 140 Å². The van der Waals surface area contributed by atoms with E-state index in [0.717, 1.165) is 40.3 Å². The maximum Gasteiger partial charge on any atom is 0.145 e. The van der Waals surface area contributed by atoms with E-state index >= 15 is 0 Å². The van der Waals surface area contributed by atoms with E-state index in [4.69, 9.17) is 4.98 Å². The minimum atomic E-state index is 0.0350. The molecule has 4 rings (SSSR count). The lowest BCUT2D eigenvalue weighted by Crippen LogP contribution is -2.14. The van der Waals surface area contributed by atoms with Crippen LogP contribution in [0, 0.1) is 0 Å². The average molecular weight is 317 g/mol. The molecule has 24 heavy (non-hydrogen) atoms. The molecule has 0 aliphatic heterocycles. The van der Waals surface area contributed by atoms with Gasteiger partial charge in [-0.05, 0) is 38.1 Å². The summed E-state index contributed by atoms with van der Waals surface area (Å²) in [7, 11) is 0. The van der Waals surface area contributed by atoms with Crippen LogP contribution in [0.5, 0.6) is 0 Å². The van der Waals surface area contributed by atoms with Crippen molar-refractivity contribution in [1.29, 1.82) is 0 Å². The number of aryl methyl sites for hydroxylation is 1. The lowest BCUT2D eigenvalue weighted by atomic mass is 10.3. The SMILES string of the molecule is CCn1c(C(C)Nc2cnc3ccccc3n2)nc2ccccc21. The molecule has 2 aromatic carbocycles. The van der Waals surface area contributed by atoms with E-state index in [-0.39, 0.29) is 6.04 Å². The first-order chi connectivity index (χ1) is 11.8. The molecule has 1 unspecified atom stereocenters. The average Bonchev–Trinajstić information content (AvgIpc) is 3.00. The number of hydrogen-bond donors (Lipinski definition) is 1. The second kappa shape index (κ2) is 5.92.